The molecule has 0 radical (unpaired) electrons. The van der Waals surface area contributed by atoms with E-state index in [1.165, 1.54) is 6.92 Å². The number of allylic oxidation sites excluding steroid dienone is 2. The number of benzene rings is 1. The zero-order valence-corrected chi connectivity index (χ0v) is 32.6. The first-order chi connectivity index (χ1) is 25.0. The van der Waals surface area contributed by atoms with Gasteiger partial charge in [-0.05, 0) is 57.7 Å². The van der Waals surface area contributed by atoms with E-state index in [0.717, 1.165) is 17.7 Å². The van der Waals surface area contributed by atoms with Gasteiger partial charge in [0.1, 0.15) is 29.7 Å². The van der Waals surface area contributed by atoms with Crippen LogP contribution in [0.5, 0.6) is 5.75 Å². The minimum Gasteiger partial charge on any atom is -0.496 e. The highest BCUT2D eigenvalue weighted by Gasteiger charge is 2.54. The van der Waals surface area contributed by atoms with Gasteiger partial charge >= 0.3 is 11.9 Å². The predicted molar refractivity (Wildman–Crippen MR) is 199 cm³/mol. The van der Waals surface area contributed by atoms with Gasteiger partial charge in [0, 0.05) is 38.0 Å². The fourth-order valence-corrected chi connectivity index (χ4v) is 6.74. The molecule has 3 rings (SSSR count). The van der Waals surface area contributed by atoms with Crippen LogP contribution in [0.4, 0.5) is 0 Å². The van der Waals surface area contributed by atoms with E-state index in [2.05, 4.69) is 19.2 Å². The van der Waals surface area contributed by atoms with Crippen LogP contribution in [0.1, 0.15) is 79.7 Å². The van der Waals surface area contributed by atoms with Gasteiger partial charge < -0.3 is 49.4 Å². The van der Waals surface area contributed by atoms with E-state index in [1.54, 1.807) is 58.4 Å². The molecule has 0 bridgehead atoms. The van der Waals surface area contributed by atoms with Gasteiger partial charge in [-0.15, -0.1) is 0 Å². The van der Waals surface area contributed by atoms with Gasteiger partial charge in [0.15, 0.2) is 0 Å². The molecule has 0 aromatic heterocycles. The minimum atomic E-state index is -1.46. The summed E-state index contributed by atoms with van der Waals surface area (Å²) in [5.74, 6) is -0.658. The van der Waals surface area contributed by atoms with Crippen LogP contribution in [0.15, 0.2) is 60.2 Å². The molecule has 3 unspecified atom stereocenters. The topological polar surface area (TPSA) is 194 Å². The molecule has 1 fully saturated rings. The number of epoxide rings is 1. The van der Waals surface area contributed by atoms with E-state index < -0.39 is 47.5 Å². The quantitative estimate of drug-likeness (QED) is 0.0597. The van der Waals surface area contributed by atoms with Crippen molar-refractivity contribution in [3.63, 3.8) is 0 Å². The summed E-state index contributed by atoms with van der Waals surface area (Å²) in [5.41, 5.74) is -1.20. The maximum absolute atomic E-state index is 12.9. The van der Waals surface area contributed by atoms with E-state index in [-0.39, 0.29) is 55.9 Å². The summed E-state index contributed by atoms with van der Waals surface area (Å²) in [6, 6.07) is 7.22. The standard InChI is InChI=1S/C39H59NO10.CH2O2/c1-10-30(46-8)26(4)35-36(50-35)37(40-23-28-15-11-12-16-31(28)47-9)39(7,45)20-13-14-24(2)34-25(3)17-18-32(48-27(5)41)38(6,44)21-19-29(42)22-33(43)49-34;2-1-3/h11-18,20,25-26,29-30,32,34-37,40,42,44-45H,10,19,21-23H2,1-9H3;1H,(H,2,3)/b18-17+,20-13+,24-14+;/t25-,26+,29+,30-,32-,34?,35+,36-,37?,38+,39?;/m0./s1. The van der Waals surface area contributed by atoms with Crippen molar-refractivity contribution in [2.24, 2.45) is 11.8 Å². The molecule has 0 saturated carbocycles. The SMILES string of the molecule is CC[C@H](OC)[C@@H](C)[C@H]1O[C@@H]1C(NCc1ccccc1OC)C(C)(O)/C=C/C=C(\C)C1OC(=O)C[C@H](O)CC[C@@](C)(O)[C@@H](OC(C)=O)/C=C/[C@@H]1C.O=CO. The van der Waals surface area contributed by atoms with Crippen molar-refractivity contribution in [3.8, 4) is 5.75 Å². The second-order valence-corrected chi connectivity index (χ2v) is 14.3. The van der Waals surface area contributed by atoms with Crippen LogP contribution >= 0.6 is 0 Å². The Kier molecular flexibility index (Phi) is 18.3. The van der Waals surface area contributed by atoms with E-state index in [0.29, 0.717) is 12.1 Å². The number of carbonyl (C=O) groups is 3. The van der Waals surface area contributed by atoms with Gasteiger partial charge in [-0.1, -0.05) is 63.3 Å². The van der Waals surface area contributed by atoms with Crippen LogP contribution in [-0.2, 0) is 39.9 Å². The van der Waals surface area contributed by atoms with Crippen molar-refractivity contribution in [2.75, 3.05) is 14.2 Å². The molecule has 2 aliphatic rings. The Morgan fingerprint density at radius 1 is 1.19 bits per heavy atom. The number of aliphatic hydroxyl groups is 3. The van der Waals surface area contributed by atoms with Crippen LogP contribution in [0.25, 0.3) is 0 Å². The number of rotatable bonds is 14. The Hall–Kier alpha value is -3.59. The number of carbonyl (C=O) groups excluding carboxylic acids is 2. The summed E-state index contributed by atoms with van der Waals surface area (Å²) in [6.07, 6.45) is 6.27. The molecule has 1 aromatic rings. The van der Waals surface area contributed by atoms with Crippen molar-refractivity contribution < 1.29 is 58.5 Å². The lowest BCUT2D eigenvalue weighted by Gasteiger charge is -2.32. The number of carboxylic acid groups (broad SMARTS) is 1. The van der Waals surface area contributed by atoms with E-state index in [1.807, 2.05) is 38.1 Å². The highest BCUT2D eigenvalue weighted by Crippen LogP contribution is 2.39. The van der Waals surface area contributed by atoms with Gasteiger partial charge in [-0.3, -0.25) is 14.4 Å². The molecule has 5 N–H and O–H groups in total. The predicted octanol–water partition coefficient (Wildman–Crippen LogP) is 4.27. The van der Waals surface area contributed by atoms with Crippen molar-refractivity contribution in [1.29, 1.82) is 0 Å². The molecule has 298 valence electrons. The Labute approximate surface area is 314 Å². The molecule has 1 saturated heterocycles. The highest BCUT2D eigenvalue weighted by atomic mass is 16.6. The number of ether oxygens (including phenoxy) is 5. The molecule has 53 heavy (non-hydrogen) atoms. The average molecular weight is 748 g/mol. The van der Waals surface area contributed by atoms with E-state index in [4.69, 9.17) is 33.6 Å². The van der Waals surface area contributed by atoms with Crippen LogP contribution in [-0.4, -0.2) is 107 Å². The van der Waals surface area contributed by atoms with Gasteiger partial charge in [0.05, 0.1) is 43.5 Å². The zero-order chi connectivity index (χ0) is 39.9. The summed E-state index contributed by atoms with van der Waals surface area (Å²) in [7, 11) is 3.33. The summed E-state index contributed by atoms with van der Waals surface area (Å²) in [6.45, 7) is 12.6. The highest BCUT2D eigenvalue weighted by molar-refractivity contribution is 5.70. The molecule has 13 nitrogen and oxygen atoms in total. The number of nitrogens with one attached hydrogen (secondary N) is 1. The first-order valence-electron chi connectivity index (χ1n) is 18.1. The Morgan fingerprint density at radius 2 is 1.85 bits per heavy atom. The molecule has 2 aliphatic heterocycles. The van der Waals surface area contributed by atoms with Crippen molar-refractivity contribution in [2.45, 2.75) is 135 Å². The lowest BCUT2D eigenvalue weighted by Crippen LogP contribution is -2.52. The maximum Gasteiger partial charge on any atom is 0.309 e. The van der Waals surface area contributed by atoms with Crippen molar-refractivity contribution >= 4 is 18.4 Å². The van der Waals surface area contributed by atoms with Crippen LogP contribution in [0.2, 0.25) is 0 Å². The number of para-hydroxylation sites is 1. The normalized spacial score (nSPS) is 30.1. The molecule has 1 aromatic carbocycles. The third-order valence-electron chi connectivity index (χ3n) is 9.89. The zero-order valence-electron chi connectivity index (χ0n) is 32.6. The number of aliphatic hydroxyl groups excluding tert-OH is 1. The molecule has 0 aliphatic carbocycles. The minimum absolute atomic E-state index is 0.0205. The second kappa shape index (κ2) is 21.3. The Bertz CT molecular complexity index is 1400. The van der Waals surface area contributed by atoms with Gasteiger partial charge in [-0.25, -0.2) is 0 Å². The first-order valence-corrected chi connectivity index (χ1v) is 18.1. The Balaban J connectivity index is 0.00000313. The van der Waals surface area contributed by atoms with Gasteiger partial charge in [0.25, 0.3) is 6.47 Å². The largest absolute Gasteiger partial charge is 0.496 e. The molecule has 0 amide bonds. The van der Waals surface area contributed by atoms with E-state index >= 15 is 0 Å². The van der Waals surface area contributed by atoms with Crippen LogP contribution < -0.4 is 10.1 Å². The fraction of sp³-hybridized carbons (Fsp3) is 0.625. The fourth-order valence-electron chi connectivity index (χ4n) is 6.74. The third-order valence-corrected chi connectivity index (χ3v) is 9.89. The second-order valence-electron chi connectivity index (χ2n) is 14.3. The molecule has 13 heteroatoms. The lowest BCUT2D eigenvalue weighted by atomic mass is 9.87. The van der Waals surface area contributed by atoms with Gasteiger partial charge in [-0.2, -0.15) is 0 Å². The van der Waals surface area contributed by atoms with Crippen molar-refractivity contribution in [1.82, 2.24) is 5.32 Å². The molecule has 2 heterocycles. The molecule has 11 atom stereocenters. The number of esters is 2. The van der Waals surface area contributed by atoms with Crippen LogP contribution in [0, 0.1) is 11.8 Å². The summed E-state index contributed by atoms with van der Waals surface area (Å²) in [4.78, 5) is 33.1. The summed E-state index contributed by atoms with van der Waals surface area (Å²) in [5, 5.41) is 44.0. The molecular formula is C40H61NO12. The summed E-state index contributed by atoms with van der Waals surface area (Å²) >= 11 is 0. The molecular weight excluding hydrogens is 686 g/mol. The number of hydrogen-bond acceptors (Lipinski definition) is 12. The number of methoxy groups -OCH3 is 2. The smallest absolute Gasteiger partial charge is 0.309 e. The molecule has 0 spiro atoms. The third kappa shape index (κ3) is 14.0. The summed E-state index contributed by atoms with van der Waals surface area (Å²) < 4.78 is 28.7. The van der Waals surface area contributed by atoms with Gasteiger partial charge in [0.2, 0.25) is 0 Å². The first kappa shape index (κ1) is 45.6. The Morgan fingerprint density at radius 3 is 2.45 bits per heavy atom. The monoisotopic (exact) mass is 747 g/mol. The number of cyclic esters (lactones) is 1. The lowest BCUT2D eigenvalue weighted by molar-refractivity contribution is -0.157. The number of hydrogen-bond donors (Lipinski definition) is 5. The van der Waals surface area contributed by atoms with Crippen LogP contribution in [0.3, 0.4) is 0 Å². The van der Waals surface area contributed by atoms with Crippen molar-refractivity contribution in [3.05, 3.63) is 65.8 Å². The average Bonchev–Trinajstić information content (AvgIpc) is 3.88. The maximum atomic E-state index is 12.9. The van der Waals surface area contributed by atoms with E-state index in [9.17, 15) is 24.9 Å².